The zero-order valence-electron chi connectivity index (χ0n) is 33.6. The lowest BCUT2D eigenvalue weighted by Gasteiger charge is -2.33. The van der Waals surface area contributed by atoms with E-state index in [1.54, 1.807) is 48.6 Å². The largest absolute Gasteiger partial charge is 0.350 e. The molecular weight excluding hydrogens is 795 g/mol. The fourth-order valence-corrected chi connectivity index (χ4v) is 8.48. The third-order valence-corrected chi connectivity index (χ3v) is 11.6. The van der Waals surface area contributed by atoms with Crippen molar-refractivity contribution in [2.75, 3.05) is 19.6 Å². The number of imide groups is 1. The van der Waals surface area contributed by atoms with E-state index in [1.807, 2.05) is 30.3 Å². The van der Waals surface area contributed by atoms with E-state index in [0.717, 1.165) is 40.6 Å². The van der Waals surface area contributed by atoms with Crippen molar-refractivity contribution < 1.29 is 32.8 Å². The second-order valence-corrected chi connectivity index (χ2v) is 16.6. The number of nitrogens with zero attached hydrogens (tertiary/aromatic N) is 1. The minimum Gasteiger partial charge on any atom is -0.350 e. The Kier molecular flexibility index (Phi) is 13.3. The summed E-state index contributed by atoms with van der Waals surface area (Å²) in [5.41, 5.74) is 2.98. The number of rotatable bonds is 15. The maximum absolute atomic E-state index is 15.0. The molecule has 310 valence electrons. The molecule has 61 heavy (non-hydrogen) atoms. The monoisotopic (exact) mass is 838 g/mol. The van der Waals surface area contributed by atoms with Crippen LogP contribution in [-0.4, -0.2) is 64.7 Å². The van der Waals surface area contributed by atoms with Gasteiger partial charge in [-0.05, 0) is 76.2 Å². The van der Waals surface area contributed by atoms with Gasteiger partial charge in [0.15, 0.2) is 11.6 Å². The highest BCUT2D eigenvalue weighted by atomic mass is 32.2. The van der Waals surface area contributed by atoms with E-state index in [2.05, 4.69) is 59.0 Å². The van der Waals surface area contributed by atoms with Gasteiger partial charge in [-0.15, -0.1) is 0 Å². The van der Waals surface area contributed by atoms with E-state index in [0.29, 0.717) is 36.8 Å². The Morgan fingerprint density at radius 1 is 0.852 bits per heavy atom. The lowest BCUT2D eigenvalue weighted by molar-refractivity contribution is -0.117. The van der Waals surface area contributed by atoms with Crippen LogP contribution in [0.15, 0.2) is 132 Å². The first kappa shape index (κ1) is 42.8. The summed E-state index contributed by atoms with van der Waals surface area (Å²) in [6, 6.07) is 34.2. The molecular formula is C49H44F2N4O5S. The van der Waals surface area contributed by atoms with Gasteiger partial charge in [-0.3, -0.25) is 34.2 Å². The highest BCUT2D eigenvalue weighted by Crippen LogP contribution is 2.33. The van der Waals surface area contributed by atoms with E-state index >= 15 is 4.79 Å². The Morgan fingerprint density at radius 3 is 2.25 bits per heavy atom. The number of Topliss-reactive ketones (excluding diaryl/α,β-unsaturated/α-hetero) is 1. The van der Waals surface area contributed by atoms with E-state index in [1.165, 1.54) is 18.2 Å². The molecule has 0 spiro atoms. The van der Waals surface area contributed by atoms with Crippen molar-refractivity contribution in [3.63, 3.8) is 0 Å². The zero-order valence-corrected chi connectivity index (χ0v) is 34.4. The van der Waals surface area contributed by atoms with Gasteiger partial charge in [-0.2, -0.15) is 0 Å². The highest BCUT2D eigenvalue weighted by Gasteiger charge is 2.48. The number of nitrogens with one attached hydrogen (secondary N) is 3. The quantitative estimate of drug-likeness (QED) is 0.0709. The third-order valence-electron chi connectivity index (χ3n) is 10.7. The molecule has 2 heterocycles. The summed E-state index contributed by atoms with van der Waals surface area (Å²) < 4.78 is 28.8. The average Bonchev–Trinajstić information content (AvgIpc) is 3.84. The molecule has 3 amide bonds. The van der Waals surface area contributed by atoms with Crippen LogP contribution in [0.3, 0.4) is 0 Å². The first-order valence-electron chi connectivity index (χ1n) is 20.0. The number of carbonyl (C=O) groups excluding carboxylic acids is 5. The molecule has 2 saturated heterocycles. The van der Waals surface area contributed by atoms with E-state index in [4.69, 9.17) is 0 Å². The maximum Gasteiger partial charge on any atom is 0.290 e. The van der Waals surface area contributed by atoms with Gasteiger partial charge in [0.25, 0.3) is 11.1 Å². The number of benzene rings is 5. The Balaban J connectivity index is 1.16. The smallest absolute Gasteiger partial charge is 0.290 e. The van der Waals surface area contributed by atoms with Gasteiger partial charge in [0, 0.05) is 55.5 Å². The van der Waals surface area contributed by atoms with E-state index in [-0.39, 0.29) is 46.5 Å². The fraction of sp³-hybridized carbons (Fsp3) is 0.204. The molecule has 0 aliphatic carbocycles. The Bertz CT molecular complexity index is 2540. The third kappa shape index (κ3) is 10.2. The van der Waals surface area contributed by atoms with Crippen LogP contribution in [-0.2, 0) is 16.1 Å². The Hall–Kier alpha value is -6.34. The van der Waals surface area contributed by atoms with Crippen LogP contribution in [0.2, 0.25) is 0 Å². The molecule has 0 radical (unpaired) electrons. The normalized spacial score (nSPS) is 18.3. The van der Waals surface area contributed by atoms with Gasteiger partial charge in [-0.1, -0.05) is 117 Å². The minimum absolute atomic E-state index is 0.0393. The predicted octanol–water partition coefficient (Wildman–Crippen LogP) is 8.46. The average molecular weight is 839 g/mol. The summed E-state index contributed by atoms with van der Waals surface area (Å²) in [6.07, 6.45) is 4.86. The summed E-state index contributed by atoms with van der Waals surface area (Å²) in [6.45, 7) is 5.86. The number of amides is 3. The van der Waals surface area contributed by atoms with Crippen molar-refractivity contribution in [1.82, 2.24) is 20.9 Å². The molecule has 2 aliphatic rings. The molecule has 2 atom stereocenters. The van der Waals surface area contributed by atoms with Gasteiger partial charge in [0.05, 0.1) is 10.5 Å². The van der Waals surface area contributed by atoms with Gasteiger partial charge in [0.1, 0.15) is 17.2 Å². The lowest BCUT2D eigenvalue weighted by atomic mass is 9.83. The number of thioether (sulfide) groups is 1. The molecule has 7 rings (SSSR count). The van der Waals surface area contributed by atoms with Crippen molar-refractivity contribution in [2.24, 2.45) is 5.92 Å². The minimum atomic E-state index is -1.37. The summed E-state index contributed by atoms with van der Waals surface area (Å²) >= 11 is 0.827. The SMILES string of the molecule is CC(C)CN(Cc1ccccc1-c1ccccc1)[C@H]1CN[C@@](CNC(=O)C=Cc2ccc(C=C3SC(=O)NC3=O)cc2)(C(=O)c2ccccc2C(=O)c2ccc(F)cc2F)C1. The van der Waals surface area contributed by atoms with Crippen molar-refractivity contribution in [2.45, 2.75) is 38.4 Å². The van der Waals surface area contributed by atoms with Crippen molar-refractivity contribution in [3.8, 4) is 11.1 Å². The molecule has 0 unspecified atom stereocenters. The molecule has 0 bridgehead atoms. The predicted molar refractivity (Wildman–Crippen MR) is 234 cm³/mol. The van der Waals surface area contributed by atoms with Crippen LogP contribution < -0.4 is 16.0 Å². The van der Waals surface area contributed by atoms with Crippen LogP contribution in [0.5, 0.6) is 0 Å². The summed E-state index contributed by atoms with van der Waals surface area (Å²) in [5, 5.41) is 8.21. The first-order valence-corrected chi connectivity index (χ1v) is 20.8. The first-order chi connectivity index (χ1) is 29.4. The number of hydrogen-bond acceptors (Lipinski definition) is 8. The second kappa shape index (κ2) is 18.9. The van der Waals surface area contributed by atoms with Crippen LogP contribution in [0.25, 0.3) is 23.3 Å². The van der Waals surface area contributed by atoms with Gasteiger partial charge in [-0.25, -0.2) is 8.78 Å². The number of halogens is 2. The summed E-state index contributed by atoms with van der Waals surface area (Å²) in [5.74, 6) is -3.72. The van der Waals surface area contributed by atoms with Crippen LogP contribution in [0.4, 0.5) is 13.6 Å². The zero-order chi connectivity index (χ0) is 43.1. The van der Waals surface area contributed by atoms with Crippen molar-refractivity contribution >= 4 is 52.5 Å². The van der Waals surface area contributed by atoms with Crippen molar-refractivity contribution in [3.05, 3.63) is 177 Å². The molecule has 0 saturated carbocycles. The number of hydrogen-bond donors (Lipinski definition) is 3. The van der Waals surface area contributed by atoms with Crippen LogP contribution >= 0.6 is 11.8 Å². The Labute approximate surface area is 357 Å². The molecule has 5 aromatic carbocycles. The summed E-state index contributed by atoms with van der Waals surface area (Å²) in [4.78, 5) is 68.5. The molecule has 5 aromatic rings. The van der Waals surface area contributed by atoms with Crippen LogP contribution in [0, 0.1) is 17.6 Å². The highest BCUT2D eigenvalue weighted by molar-refractivity contribution is 8.18. The second-order valence-electron chi connectivity index (χ2n) is 15.6. The molecule has 12 heteroatoms. The molecule has 0 aromatic heterocycles. The molecule has 3 N–H and O–H groups in total. The van der Waals surface area contributed by atoms with Crippen molar-refractivity contribution in [1.29, 1.82) is 0 Å². The molecule has 9 nitrogen and oxygen atoms in total. The standard InChI is InChI=1S/C49H44F2N4O5S/c1-31(2)28-55(29-35-12-6-7-13-38(35)34-10-4-3-5-11-34)37-26-49(53-27-37,46(58)40-15-9-8-14-39(40)45(57)41-22-21-36(50)25-42(41)51)30-52-44(56)23-20-32-16-18-33(19-17-32)24-43-47(59)54-48(60)61-43/h3-25,31,37,53H,26-30H2,1-2H3,(H,52,56)(H,54,59,60)/t37-,49+/m1/s1. The van der Waals surface area contributed by atoms with E-state index < -0.39 is 45.8 Å². The van der Waals surface area contributed by atoms with Gasteiger partial charge < -0.3 is 10.6 Å². The summed E-state index contributed by atoms with van der Waals surface area (Å²) in [7, 11) is 0. The lowest BCUT2D eigenvalue weighted by Crippen LogP contribution is -2.56. The van der Waals surface area contributed by atoms with Crippen LogP contribution in [0.1, 0.15) is 63.2 Å². The molecule has 2 fully saturated rings. The fourth-order valence-electron chi connectivity index (χ4n) is 7.79. The topological polar surface area (TPSA) is 125 Å². The van der Waals surface area contributed by atoms with Gasteiger partial charge >= 0.3 is 0 Å². The van der Waals surface area contributed by atoms with Gasteiger partial charge in [0.2, 0.25) is 5.91 Å². The maximum atomic E-state index is 15.0. The molecule has 2 aliphatic heterocycles. The number of ketones is 2. The number of carbonyl (C=O) groups is 5. The Morgan fingerprint density at radius 2 is 1.54 bits per heavy atom. The van der Waals surface area contributed by atoms with E-state index in [9.17, 15) is 28.0 Å².